The number of nitrogens with one attached hydrogen (secondary N) is 1. The van der Waals surface area contributed by atoms with Gasteiger partial charge in [-0.25, -0.2) is 9.18 Å². The van der Waals surface area contributed by atoms with Gasteiger partial charge in [0.15, 0.2) is 0 Å². The van der Waals surface area contributed by atoms with Crippen LogP contribution in [0.15, 0.2) is 71.8 Å². The van der Waals surface area contributed by atoms with Crippen LogP contribution in [0.3, 0.4) is 0 Å². The maximum Gasteiger partial charge on any atom is 0.337 e. The van der Waals surface area contributed by atoms with Crippen LogP contribution >= 0.6 is 0 Å². The highest BCUT2D eigenvalue weighted by molar-refractivity contribution is 5.94. The lowest BCUT2D eigenvalue weighted by molar-refractivity contribution is 0.0698. The summed E-state index contributed by atoms with van der Waals surface area (Å²) >= 11 is 0. The molecule has 148 valence electrons. The first-order valence-corrected chi connectivity index (χ1v) is 8.73. The Hall–Kier alpha value is -3.87. The number of rotatable bonds is 8. The molecule has 0 fully saturated rings. The van der Waals surface area contributed by atoms with Crippen molar-refractivity contribution in [3.63, 3.8) is 0 Å². The van der Waals surface area contributed by atoms with Crippen LogP contribution in [-0.4, -0.2) is 24.4 Å². The van der Waals surface area contributed by atoms with Crippen molar-refractivity contribution in [2.75, 3.05) is 12.5 Å². The van der Waals surface area contributed by atoms with Gasteiger partial charge in [-0.05, 0) is 60.2 Å². The molecule has 0 amide bonds. The third kappa shape index (κ3) is 5.32. The van der Waals surface area contributed by atoms with Crippen molar-refractivity contribution in [3.05, 3.63) is 89.2 Å². The first-order chi connectivity index (χ1) is 14.1. The van der Waals surface area contributed by atoms with Gasteiger partial charge in [0, 0.05) is 5.56 Å². The number of nitrogens with zero attached hydrogens (tertiary/aromatic N) is 1. The van der Waals surface area contributed by atoms with Crippen molar-refractivity contribution >= 4 is 17.9 Å². The molecule has 6 nitrogen and oxygen atoms in total. The van der Waals surface area contributed by atoms with Crippen molar-refractivity contribution in [2.24, 2.45) is 5.10 Å². The van der Waals surface area contributed by atoms with Crippen LogP contribution in [0.1, 0.15) is 21.5 Å². The van der Waals surface area contributed by atoms with Gasteiger partial charge in [-0.3, -0.25) is 5.43 Å². The molecule has 0 bridgehead atoms. The highest BCUT2D eigenvalue weighted by Crippen LogP contribution is 2.22. The van der Waals surface area contributed by atoms with Gasteiger partial charge in [-0.15, -0.1) is 0 Å². The van der Waals surface area contributed by atoms with Gasteiger partial charge in [-0.1, -0.05) is 12.1 Å². The average molecular weight is 394 g/mol. The van der Waals surface area contributed by atoms with Crippen LogP contribution in [0.4, 0.5) is 10.1 Å². The number of aromatic carboxylic acids is 1. The summed E-state index contributed by atoms with van der Waals surface area (Å²) in [4.78, 5) is 11.2. The van der Waals surface area contributed by atoms with Crippen LogP contribution in [0.2, 0.25) is 0 Å². The minimum absolute atomic E-state index is 0.132. The summed E-state index contributed by atoms with van der Waals surface area (Å²) in [5, 5.41) is 13.3. The summed E-state index contributed by atoms with van der Waals surface area (Å²) < 4.78 is 24.0. The molecule has 0 aliphatic heterocycles. The number of hydrogen-bond donors (Lipinski definition) is 2. The van der Waals surface area contributed by atoms with E-state index in [4.69, 9.17) is 9.47 Å². The zero-order valence-electron chi connectivity index (χ0n) is 15.6. The number of carboxylic acids is 1. The minimum Gasteiger partial charge on any atom is -0.496 e. The molecule has 0 aromatic heterocycles. The van der Waals surface area contributed by atoms with E-state index in [1.54, 1.807) is 49.7 Å². The lowest BCUT2D eigenvalue weighted by Gasteiger charge is -2.11. The fourth-order valence-electron chi connectivity index (χ4n) is 2.63. The predicted octanol–water partition coefficient (Wildman–Crippen LogP) is 4.56. The van der Waals surface area contributed by atoms with E-state index in [1.165, 1.54) is 18.2 Å². The van der Waals surface area contributed by atoms with Crippen LogP contribution in [0.25, 0.3) is 0 Å². The summed E-state index contributed by atoms with van der Waals surface area (Å²) in [6.07, 6.45) is 1.57. The average Bonchev–Trinajstić information content (AvgIpc) is 2.73. The van der Waals surface area contributed by atoms with E-state index in [1.807, 2.05) is 12.1 Å². The summed E-state index contributed by atoms with van der Waals surface area (Å²) in [5.41, 5.74) is 4.82. The van der Waals surface area contributed by atoms with E-state index in [0.29, 0.717) is 17.2 Å². The fourth-order valence-corrected chi connectivity index (χ4v) is 2.63. The molecule has 0 atom stereocenters. The van der Waals surface area contributed by atoms with Crippen LogP contribution in [0.5, 0.6) is 11.5 Å². The number of carboxylic acid groups (broad SMARTS) is 1. The Bertz CT molecular complexity index is 1020. The Balaban J connectivity index is 1.72. The Kier molecular flexibility index (Phi) is 6.42. The molecule has 7 heteroatoms. The smallest absolute Gasteiger partial charge is 0.337 e. The highest BCUT2D eigenvalue weighted by atomic mass is 19.1. The summed E-state index contributed by atoms with van der Waals surface area (Å²) in [5.74, 6) is -0.175. The number of ether oxygens (including phenoxy) is 2. The van der Waals surface area contributed by atoms with Gasteiger partial charge in [-0.2, -0.15) is 5.10 Å². The summed E-state index contributed by atoms with van der Waals surface area (Å²) in [6, 6.07) is 17.7. The quantitative estimate of drug-likeness (QED) is 0.433. The number of hydrogen-bond acceptors (Lipinski definition) is 5. The molecule has 29 heavy (non-hydrogen) atoms. The molecule has 3 aromatic rings. The van der Waals surface area contributed by atoms with Crippen molar-refractivity contribution in [1.29, 1.82) is 0 Å². The Labute approximate surface area is 167 Å². The molecule has 0 saturated heterocycles. The van der Waals surface area contributed by atoms with Gasteiger partial charge >= 0.3 is 5.97 Å². The topological polar surface area (TPSA) is 80.2 Å². The Morgan fingerprint density at radius 1 is 1.14 bits per heavy atom. The first-order valence-electron chi connectivity index (χ1n) is 8.73. The highest BCUT2D eigenvalue weighted by Gasteiger charge is 2.08. The van der Waals surface area contributed by atoms with E-state index < -0.39 is 5.97 Å². The second kappa shape index (κ2) is 9.36. The fraction of sp³-hybridized carbons (Fsp3) is 0.0909. The van der Waals surface area contributed by atoms with Crippen molar-refractivity contribution in [1.82, 2.24) is 0 Å². The molecule has 3 aromatic carbocycles. The monoisotopic (exact) mass is 394 g/mol. The second-order valence-corrected chi connectivity index (χ2v) is 6.03. The number of methoxy groups -OCH3 is 1. The van der Waals surface area contributed by atoms with Crippen LogP contribution in [0, 0.1) is 5.82 Å². The number of para-hydroxylation sites is 1. The summed E-state index contributed by atoms with van der Waals surface area (Å²) in [6.45, 7) is 0.228. The van der Waals surface area contributed by atoms with E-state index in [9.17, 15) is 14.3 Å². The lowest BCUT2D eigenvalue weighted by Crippen LogP contribution is -2.02. The number of carbonyl (C=O) groups is 1. The second-order valence-electron chi connectivity index (χ2n) is 6.03. The lowest BCUT2D eigenvalue weighted by atomic mass is 10.1. The largest absolute Gasteiger partial charge is 0.496 e. The molecular formula is C22H19FN2O4. The van der Waals surface area contributed by atoms with Crippen molar-refractivity contribution in [2.45, 2.75) is 6.61 Å². The molecule has 0 unspecified atom stereocenters. The molecule has 0 aliphatic carbocycles. The SMILES string of the molecule is COc1ccc(/C=N/Nc2ccccc2C(=O)O)cc1COc1ccc(F)cc1. The molecule has 2 N–H and O–H groups in total. The summed E-state index contributed by atoms with van der Waals surface area (Å²) in [7, 11) is 1.56. The van der Waals surface area contributed by atoms with E-state index >= 15 is 0 Å². The van der Waals surface area contributed by atoms with E-state index in [2.05, 4.69) is 10.5 Å². The molecule has 0 aliphatic rings. The number of benzene rings is 3. The number of halogens is 1. The first kappa shape index (κ1) is 19.9. The van der Waals surface area contributed by atoms with Crippen LogP contribution < -0.4 is 14.9 Å². The van der Waals surface area contributed by atoms with Gasteiger partial charge < -0.3 is 14.6 Å². The van der Waals surface area contributed by atoms with Crippen LogP contribution in [-0.2, 0) is 6.61 Å². The van der Waals surface area contributed by atoms with Gasteiger partial charge in [0.2, 0.25) is 0 Å². The minimum atomic E-state index is -1.03. The molecule has 0 spiro atoms. The normalized spacial score (nSPS) is 10.7. The number of anilines is 1. The molecular weight excluding hydrogens is 375 g/mol. The maximum atomic E-state index is 13.0. The molecule has 3 rings (SSSR count). The van der Waals surface area contributed by atoms with E-state index in [-0.39, 0.29) is 18.0 Å². The van der Waals surface area contributed by atoms with Gasteiger partial charge in [0.05, 0.1) is 24.6 Å². The zero-order chi connectivity index (χ0) is 20.6. The standard InChI is InChI=1S/C22H19FN2O4/c1-28-21-11-6-15(12-16(21)14-29-18-9-7-17(23)8-10-18)13-24-25-20-5-3-2-4-19(20)22(26)27/h2-13,25H,14H2,1H3,(H,26,27)/b24-13+. The maximum absolute atomic E-state index is 13.0. The van der Waals surface area contributed by atoms with Gasteiger partial charge in [0.25, 0.3) is 0 Å². The van der Waals surface area contributed by atoms with Crippen molar-refractivity contribution < 1.29 is 23.8 Å². The Morgan fingerprint density at radius 3 is 2.62 bits per heavy atom. The zero-order valence-corrected chi connectivity index (χ0v) is 15.6. The number of hydrazone groups is 1. The molecule has 0 saturated carbocycles. The van der Waals surface area contributed by atoms with Crippen molar-refractivity contribution in [3.8, 4) is 11.5 Å². The predicted molar refractivity (Wildman–Crippen MR) is 108 cm³/mol. The van der Waals surface area contributed by atoms with E-state index in [0.717, 1.165) is 11.1 Å². The van der Waals surface area contributed by atoms with Gasteiger partial charge in [0.1, 0.15) is 23.9 Å². The molecule has 0 radical (unpaired) electrons. The Morgan fingerprint density at radius 2 is 1.90 bits per heavy atom. The third-order valence-corrected chi connectivity index (χ3v) is 4.07. The molecule has 0 heterocycles. The third-order valence-electron chi connectivity index (χ3n) is 4.07.